The summed E-state index contributed by atoms with van der Waals surface area (Å²) in [6.45, 7) is 2.05. The largest absolute Gasteiger partial charge is 0.497 e. The number of nitrogens with one attached hydrogen (secondary N) is 2. The molecule has 0 fully saturated rings. The normalized spacial score (nSPS) is 11.1. The van der Waals surface area contributed by atoms with E-state index in [1.54, 1.807) is 43.5 Å². The summed E-state index contributed by atoms with van der Waals surface area (Å²) in [4.78, 5) is 12.5. The predicted molar refractivity (Wildman–Crippen MR) is 123 cm³/mol. The lowest BCUT2D eigenvalue weighted by molar-refractivity contribution is 0.0951. The van der Waals surface area contributed by atoms with Crippen molar-refractivity contribution in [1.29, 1.82) is 0 Å². The maximum atomic E-state index is 12.9. The van der Waals surface area contributed by atoms with Crippen molar-refractivity contribution >= 4 is 44.8 Å². The first-order valence-corrected chi connectivity index (χ1v) is 11.4. The number of benzene rings is 3. The van der Waals surface area contributed by atoms with Gasteiger partial charge >= 0.3 is 0 Å². The topological polar surface area (TPSA) is 84.5 Å². The number of aryl methyl sites for hydroxylation is 1. The summed E-state index contributed by atoms with van der Waals surface area (Å²) in [6.07, 6.45) is 0. The maximum absolute atomic E-state index is 12.9. The molecular formula is C22H20Cl2N2O4S. The van der Waals surface area contributed by atoms with Crippen LogP contribution in [0, 0.1) is 6.92 Å². The van der Waals surface area contributed by atoms with Gasteiger partial charge in [-0.1, -0.05) is 47.5 Å². The fourth-order valence-corrected chi connectivity index (χ4v) is 4.80. The zero-order valence-corrected chi connectivity index (χ0v) is 19.1. The summed E-state index contributed by atoms with van der Waals surface area (Å²) < 4.78 is 33.4. The van der Waals surface area contributed by atoms with Gasteiger partial charge in [0.2, 0.25) is 0 Å². The molecule has 0 heterocycles. The predicted octanol–water partition coefficient (Wildman–Crippen LogP) is 5.04. The Morgan fingerprint density at radius 3 is 2.45 bits per heavy atom. The molecular weight excluding hydrogens is 459 g/mol. The smallest absolute Gasteiger partial charge is 0.263 e. The highest BCUT2D eigenvalue weighted by atomic mass is 35.5. The van der Waals surface area contributed by atoms with Crippen molar-refractivity contribution in [2.75, 3.05) is 11.8 Å². The first kappa shape index (κ1) is 22.9. The van der Waals surface area contributed by atoms with E-state index in [0.717, 1.165) is 11.1 Å². The molecule has 31 heavy (non-hydrogen) atoms. The van der Waals surface area contributed by atoms with Crippen LogP contribution in [0.3, 0.4) is 0 Å². The molecule has 6 nitrogen and oxygen atoms in total. The molecule has 0 radical (unpaired) electrons. The monoisotopic (exact) mass is 478 g/mol. The van der Waals surface area contributed by atoms with Crippen LogP contribution < -0.4 is 14.8 Å². The highest BCUT2D eigenvalue weighted by Crippen LogP contribution is 2.30. The molecule has 0 spiro atoms. The van der Waals surface area contributed by atoms with Crippen LogP contribution in [0.5, 0.6) is 5.75 Å². The first-order chi connectivity index (χ1) is 14.7. The number of hydrogen-bond donors (Lipinski definition) is 2. The number of ether oxygens (including phenoxy) is 1. The van der Waals surface area contributed by atoms with Crippen LogP contribution in [-0.4, -0.2) is 21.4 Å². The Morgan fingerprint density at radius 2 is 1.74 bits per heavy atom. The molecule has 0 saturated carbocycles. The third-order valence-corrected chi connectivity index (χ3v) is 6.57. The molecule has 0 aliphatic carbocycles. The van der Waals surface area contributed by atoms with E-state index in [4.69, 9.17) is 27.9 Å². The SMILES string of the molecule is COc1cccc(CNC(=O)c2cc(S(=O)(=O)Nc3cccc(C)c3)c(Cl)cc2Cl)c1. The number of carbonyl (C=O) groups excluding carboxylic acids is 1. The van der Waals surface area contributed by atoms with Gasteiger partial charge in [-0.25, -0.2) is 8.42 Å². The highest BCUT2D eigenvalue weighted by molar-refractivity contribution is 7.92. The molecule has 0 atom stereocenters. The second-order valence-corrected chi connectivity index (χ2v) is 9.24. The number of rotatable bonds is 7. The van der Waals surface area contributed by atoms with Crippen LogP contribution >= 0.6 is 23.2 Å². The zero-order valence-electron chi connectivity index (χ0n) is 16.8. The Kier molecular flexibility index (Phi) is 7.10. The van der Waals surface area contributed by atoms with Crippen molar-refractivity contribution < 1.29 is 17.9 Å². The van der Waals surface area contributed by atoms with Gasteiger partial charge < -0.3 is 10.1 Å². The zero-order chi connectivity index (χ0) is 22.6. The van der Waals surface area contributed by atoms with E-state index in [0.29, 0.717) is 11.4 Å². The van der Waals surface area contributed by atoms with Crippen molar-refractivity contribution in [3.63, 3.8) is 0 Å². The second kappa shape index (κ2) is 9.60. The van der Waals surface area contributed by atoms with Gasteiger partial charge in [0, 0.05) is 12.2 Å². The van der Waals surface area contributed by atoms with Gasteiger partial charge in [0.1, 0.15) is 10.6 Å². The second-order valence-electron chi connectivity index (χ2n) is 6.77. The number of methoxy groups -OCH3 is 1. The number of anilines is 1. The van der Waals surface area contributed by atoms with E-state index in [1.807, 2.05) is 19.1 Å². The summed E-state index contributed by atoms with van der Waals surface area (Å²) in [5, 5.41) is 2.68. The van der Waals surface area contributed by atoms with Crippen LogP contribution in [0.25, 0.3) is 0 Å². The van der Waals surface area contributed by atoms with Crippen molar-refractivity contribution in [1.82, 2.24) is 5.32 Å². The van der Waals surface area contributed by atoms with E-state index in [2.05, 4.69) is 10.0 Å². The Labute approximate surface area is 191 Å². The van der Waals surface area contributed by atoms with E-state index in [-0.39, 0.29) is 27.0 Å². The molecule has 162 valence electrons. The summed E-state index contributed by atoms with van der Waals surface area (Å²) in [5.41, 5.74) is 2.08. The van der Waals surface area contributed by atoms with Gasteiger partial charge in [0.15, 0.2) is 0 Å². The van der Waals surface area contributed by atoms with E-state index >= 15 is 0 Å². The maximum Gasteiger partial charge on any atom is 0.263 e. The molecule has 9 heteroatoms. The number of amides is 1. The van der Waals surface area contributed by atoms with Crippen LogP contribution in [0.4, 0.5) is 5.69 Å². The van der Waals surface area contributed by atoms with Crippen LogP contribution in [0.2, 0.25) is 10.0 Å². The van der Waals surface area contributed by atoms with Crippen molar-refractivity contribution in [3.8, 4) is 5.75 Å². The quantitative estimate of drug-likeness (QED) is 0.497. The van der Waals surface area contributed by atoms with Crippen LogP contribution in [0.15, 0.2) is 65.6 Å². The Morgan fingerprint density at radius 1 is 1.00 bits per heavy atom. The lowest BCUT2D eigenvalue weighted by Crippen LogP contribution is -2.24. The van der Waals surface area contributed by atoms with E-state index in [9.17, 15) is 13.2 Å². The Bertz CT molecular complexity index is 1230. The minimum Gasteiger partial charge on any atom is -0.497 e. The minimum atomic E-state index is -4.05. The molecule has 3 aromatic rings. The average Bonchev–Trinajstić information content (AvgIpc) is 2.71. The van der Waals surface area contributed by atoms with Gasteiger partial charge in [-0.3, -0.25) is 9.52 Å². The lowest BCUT2D eigenvalue weighted by atomic mass is 10.2. The third kappa shape index (κ3) is 5.70. The molecule has 0 saturated heterocycles. The lowest BCUT2D eigenvalue weighted by Gasteiger charge is -2.13. The standard InChI is InChI=1S/C22H20Cl2N2O4S/c1-14-5-3-7-16(9-14)26-31(28,29)21-11-18(19(23)12-20(21)24)22(27)25-13-15-6-4-8-17(10-15)30-2/h3-12,26H,13H2,1-2H3,(H,25,27). The summed E-state index contributed by atoms with van der Waals surface area (Å²) >= 11 is 12.3. The van der Waals surface area contributed by atoms with E-state index < -0.39 is 15.9 Å². The number of halogens is 2. The molecule has 0 aliphatic rings. The number of sulfonamides is 1. The number of hydrogen-bond acceptors (Lipinski definition) is 4. The average molecular weight is 479 g/mol. The highest BCUT2D eigenvalue weighted by Gasteiger charge is 2.23. The minimum absolute atomic E-state index is 0.00131. The third-order valence-electron chi connectivity index (χ3n) is 4.41. The fraction of sp³-hybridized carbons (Fsp3) is 0.136. The number of carbonyl (C=O) groups is 1. The summed E-state index contributed by atoms with van der Waals surface area (Å²) in [6, 6.07) is 16.5. The van der Waals surface area contributed by atoms with Gasteiger partial charge in [-0.05, 0) is 54.4 Å². The fourth-order valence-electron chi connectivity index (χ4n) is 2.89. The summed E-state index contributed by atoms with van der Waals surface area (Å²) in [7, 11) is -2.49. The van der Waals surface area contributed by atoms with Gasteiger partial charge in [-0.2, -0.15) is 0 Å². The van der Waals surface area contributed by atoms with Crippen molar-refractivity contribution in [3.05, 3.63) is 87.4 Å². The molecule has 3 rings (SSSR count). The van der Waals surface area contributed by atoms with Crippen LogP contribution in [0.1, 0.15) is 21.5 Å². The van der Waals surface area contributed by atoms with Crippen molar-refractivity contribution in [2.24, 2.45) is 0 Å². The molecule has 0 aromatic heterocycles. The van der Waals surface area contributed by atoms with Gasteiger partial charge in [0.05, 0.1) is 22.7 Å². The Hall–Kier alpha value is -2.74. The molecule has 1 amide bonds. The van der Waals surface area contributed by atoms with Crippen LogP contribution in [-0.2, 0) is 16.6 Å². The molecule has 0 bridgehead atoms. The van der Waals surface area contributed by atoms with Crippen molar-refractivity contribution in [2.45, 2.75) is 18.4 Å². The molecule has 0 aliphatic heterocycles. The molecule has 2 N–H and O–H groups in total. The van der Waals surface area contributed by atoms with Gasteiger partial charge in [-0.15, -0.1) is 0 Å². The van der Waals surface area contributed by atoms with E-state index in [1.165, 1.54) is 12.1 Å². The summed E-state index contributed by atoms with van der Waals surface area (Å²) in [5.74, 6) is 0.128. The Balaban J connectivity index is 1.85. The first-order valence-electron chi connectivity index (χ1n) is 9.19. The molecule has 3 aromatic carbocycles. The molecule has 0 unspecified atom stereocenters. The van der Waals surface area contributed by atoms with Gasteiger partial charge in [0.25, 0.3) is 15.9 Å².